The van der Waals surface area contributed by atoms with Gasteiger partial charge in [0.15, 0.2) is 0 Å². The quantitative estimate of drug-likeness (QED) is 0.439. The molecule has 2 aromatic carbocycles. The van der Waals surface area contributed by atoms with E-state index in [4.69, 9.17) is 14.0 Å². The lowest BCUT2D eigenvalue weighted by molar-refractivity contribution is -0.140. The monoisotopic (exact) mass is 431 g/mol. The van der Waals surface area contributed by atoms with Crippen LogP contribution in [0.5, 0.6) is 11.5 Å². The molecule has 0 aromatic heterocycles. The molecule has 9 heteroatoms. The summed E-state index contributed by atoms with van der Waals surface area (Å²) in [6, 6.07) is 11.9. The SMILES string of the molecule is C=Cc1ccc(OC(=O)N2CCC(C(=O)Oc3ccc(S(=O)(=O)O)cc3)CC2)cc1. The van der Waals surface area contributed by atoms with Crippen LogP contribution in [0.4, 0.5) is 4.79 Å². The van der Waals surface area contributed by atoms with E-state index in [1.807, 2.05) is 0 Å². The number of nitrogens with zero attached hydrogens (tertiary/aromatic N) is 1. The molecule has 1 aliphatic heterocycles. The van der Waals surface area contributed by atoms with Crippen molar-refractivity contribution in [2.24, 2.45) is 5.92 Å². The van der Waals surface area contributed by atoms with E-state index in [9.17, 15) is 18.0 Å². The number of carbonyl (C=O) groups excluding carboxylic acids is 2. The lowest BCUT2D eigenvalue weighted by atomic mass is 9.97. The normalized spacial score (nSPS) is 14.8. The molecule has 0 saturated carbocycles. The molecule has 3 rings (SSSR count). The highest BCUT2D eigenvalue weighted by Crippen LogP contribution is 2.23. The van der Waals surface area contributed by atoms with Crippen molar-refractivity contribution >= 4 is 28.3 Å². The van der Waals surface area contributed by atoms with Crippen molar-refractivity contribution in [3.63, 3.8) is 0 Å². The standard InChI is InChI=1S/C21H21NO7S/c1-2-15-3-5-18(6-4-15)29-21(24)22-13-11-16(12-14-22)20(23)28-17-7-9-19(10-8-17)30(25,26)27/h2-10,16H,1,11-14H2,(H,25,26,27). The number of ether oxygens (including phenoxy) is 2. The maximum Gasteiger partial charge on any atom is 0.415 e. The van der Waals surface area contributed by atoms with Crippen LogP contribution in [-0.4, -0.2) is 43.0 Å². The first-order chi connectivity index (χ1) is 14.3. The smallest absolute Gasteiger partial charge is 0.415 e. The Hall–Kier alpha value is -3.17. The first-order valence-corrected chi connectivity index (χ1v) is 10.7. The Kier molecular flexibility index (Phi) is 6.53. The summed E-state index contributed by atoms with van der Waals surface area (Å²) in [4.78, 5) is 25.9. The van der Waals surface area contributed by atoms with E-state index < -0.39 is 22.2 Å². The molecule has 2 aromatic rings. The Morgan fingerprint density at radius 3 is 2.03 bits per heavy atom. The number of esters is 1. The Bertz CT molecular complexity index is 1020. The van der Waals surface area contributed by atoms with Crippen LogP contribution < -0.4 is 9.47 Å². The zero-order valence-electron chi connectivity index (χ0n) is 16.1. The van der Waals surface area contributed by atoms with Crippen LogP contribution in [0, 0.1) is 5.92 Å². The number of carbonyl (C=O) groups is 2. The van der Waals surface area contributed by atoms with E-state index in [-0.39, 0.29) is 16.6 Å². The van der Waals surface area contributed by atoms with Gasteiger partial charge in [-0.3, -0.25) is 9.35 Å². The number of piperidine rings is 1. The molecule has 0 spiro atoms. The van der Waals surface area contributed by atoms with Gasteiger partial charge in [0.25, 0.3) is 10.1 Å². The topological polar surface area (TPSA) is 110 Å². The average Bonchev–Trinajstić information content (AvgIpc) is 2.74. The second-order valence-electron chi connectivity index (χ2n) is 6.77. The van der Waals surface area contributed by atoms with Crippen LogP contribution in [0.3, 0.4) is 0 Å². The van der Waals surface area contributed by atoms with Gasteiger partial charge in [0, 0.05) is 13.1 Å². The summed E-state index contributed by atoms with van der Waals surface area (Å²) >= 11 is 0. The molecule has 0 radical (unpaired) electrons. The van der Waals surface area contributed by atoms with Crippen molar-refractivity contribution in [1.82, 2.24) is 4.90 Å². The minimum atomic E-state index is -4.30. The Balaban J connectivity index is 1.49. The molecule has 30 heavy (non-hydrogen) atoms. The highest BCUT2D eigenvalue weighted by Gasteiger charge is 2.29. The number of benzene rings is 2. The van der Waals surface area contributed by atoms with Crippen molar-refractivity contribution in [2.75, 3.05) is 13.1 Å². The zero-order valence-corrected chi connectivity index (χ0v) is 16.9. The van der Waals surface area contributed by atoms with Gasteiger partial charge in [-0.2, -0.15) is 8.42 Å². The van der Waals surface area contributed by atoms with Crippen LogP contribution in [0.15, 0.2) is 60.0 Å². The molecule has 0 unspecified atom stereocenters. The van der Waals surface area contributed by atoms with Crippen LogP contribution >= 0.6 is 0 Å². The molecular weight excluding hydrogens is 410 g/mol. The third-order valence-electron chi connectivity index (χ3n) is 4.75. The highest BCUT2D eigenvalue weighted by molar-refractivity contribution is 7.85. The fourth-order valence-corrected chi connectivity index (χ4v) is 3.49. The first kappa shape index (κ1) is 21.5. The van der Waals surface area contributed by atoms with Crippen molar-refractivity contribution in [3.8, 4) is 11.5 Å². The molecule has 1 N–H and O–H groups in total. The van der Waals surface area contributed by atoms with E-state index in [2.05, 4.69) is 6.58 Å². The molecule has 1 amide bonds. The number of rotatable bonds is 5. The molecule has 1 heterocycles. The molecule has 158 valence electrons. The van der Waals surface area contributed by atoms with Gasteiger partial charge in [0.1, 0.15) is 11.5 Å². The maximum absolute atomic E-state index is 12.3. The minimum Gasteiger partial charge on any atom is -0.426 e. The van der Waals surface area contributed by atoms with Gasteiger partial charge in [-0.1, -0.05) is 24.8 Å². The fourth-order valence-electron chi connectivity index (χ4n) is 3.01. The van der Waals surface area contributed by atoms with E-state index in [0.717, 1.165) is 17.7 Å². The largest absolute Gasteiger partial charge is 0.426 e. The van der Waals surface area contributed by atoms with Gasteiger partial charge >= 0.3 is 12.1 Å². The summed E-state index contributed by atoms with van der Waals surface area (Å²) in [6.45, 7) is 4.37. The van der Waals surface area contributed by atoms with E-state index >= 15 is 0 Å². The van der Waals surface area contributed by atoms with Gasteiger partial charge in [0.05, 0.1) is 10.8 Å². The first-order valence-electron chi connectivity index (χ1n) is 9.25. The third-order valence-corrected chi connectivity index (χ3v) is 5.62. The number of likely N-dealkylation sites (tertiary alicyclic amines) is 1. The molecule has 0 atom stereocenters. The summed E-state index contributed by atoms with van der Waals surface area (Å²) in [5, 5.41) is 0. The summed E-state index contributed by atoms with van der Waals surface area (Å²) in [5.41, 5.74) is 0.918. The lowest BCUT2D eigenvalue weighted by Crippen LogP contribution is -2.42. The van der Waals surface area contributed by atoms with Crippen LogP contribution in [0.2, 0.25) is 0 Å². The Labute approximate surface area is 174 Å². The van der Waals surface area contributed by atoms with E-state index in [1.165, 1.54) is 17.0 Å². The average molecular weight is 431 g/mol. The predicted octanol–water partition coefficient (Wildman–Crippen LogP) is 3.39. The van der Waals surface area contributed by atoms with E-state index in [0.29, 0.717) is 31.7 Å². The third kappa shape index (κ3) is 5.46. The number of hydrogen-bond donors (Lipinski definition) is 1. The molecule has 0 aliphatic carbocycles. The van der Waals surface area contributed by atoms with Crippen LogP contribution in [0.25, 0.3) is 6.08 Å². The van der Waals surface area contributed by atoms with Crippen molar-refractivity contribution < 1.29 is 32.0 Å². The summed E-state index contributed by atoms with van der Waals surface area (Å²) in [6.07, 6.45) is 2.06. The van der Waals surface area contributed by atoms with Gasteiger partial charge in [-0.05, 0) is 54.8 Å². The summed E-state index contributed by atoms with van der Waals surface area (Å²) < 4.78 is 41.7. The zero-order chi connectivity index (χ0) is 21.7. The van der Waals surface area contributed by atoms with Crippen molar-refractivity contribution in [3.05, 3.63) is 60.7 Å². The van der Waals surface area contributed by atoms with Crippen molar-refractivity contribution in [2.45, 2.75) is 17.7 Å². The van der Waals surface area contributed by atoms with Crippen molar-refractivity contribution in [1.29, 1.82) is 0 Å². The molecule has 1 fully saturated rings. The van der Waals surface area contributed by atoms with Gasteiger partial charge in [-0.15, -0.1) is 0 Å². The summed E-state index contributed by atoms with van der Waals surface area (Å²) in [5.74, 6) is -0.234. The van der Waals surface area contributed by atoms with Crippen LogP contribution in [-0.2, 0) is 14.9 Å². The maximum atomic E-state index is 12.3. The second kappa shape index (κ2) is 9.10. The fraction of sp³-hybridized carbons (Fsp3) is 0.238. The van der Waals surface area contributed by atoms with Gasteiger partial charge < -0.3 is 14.4 Å². The van der Waals surface area contributed by atoms with Gasteiger partial charge in [0.2, 0.25) is 0 Å². The van der Waals surface area contributed by atoms with Crippen LogP contribution in [0.1, 0.15) is 18.4 Å². The Morgan fingerprint density at radius 2 is 1.50 bits per heavy atom. The molecule has 8 nitrogen and oxygen atoms in total. The second-order valence-corrected chi connectivity index (χ2v) is 8.19. The van der Waals surface area contributed by atoms with Gasteiger partial charge in [-0.25, -0.2) is 4.79 Å². The van der Waals surface area contributed by atoms with E-state index in [1.54, 1.807) is 30.3 Å². The molecular formula is C21H21NO7S. The molecule has 1 saturated heterocycles. The molecule has 0 bridgehead atoms. The highest BCUT2D eigenvalue weighted by atomic mass is 32.2. The number of amides is 1. The minimum absolute atomic E-state index is 0.178. The lowest BCUT2D eigenvalue weighted by Gasteiger charge is -2.30. The summed E-state index contributed by atoms with van der Waals surface area (Å²) in [7, 11) is -4.30. The molecule has 1 aliphatic rings. The predicted molar refractivity (Wildman–Crippen MR) is 109 cm³/mol. The Morgan fingerprint density at radius 1 is 0.967 bits per heavy atom. The number of hydrogen-bond acceptors (Lipinski definition) is 6.